The fraction of sp³-hybridized carbons (Fsp3) is 0.375. The van der Waals surface area contributed by atoms with Crippen molar-refractivity contribution in [1.29, 1.82) is 0 Å². The maximum absolute atomic E-state index is 10.6. The van der Waals surface area contributed by atoms with Crippen LogP contribution in [0.3, 0.4) is 0 Å². The van der Waals surface area contributed by atoms with Gasteiger partial charge in [0, 0.05) is 49.9 Å². The van der Waals surface area contributed by atoms with Crippen LogP contribution < -0.4 is 15.0 Å². The number of aliphatic carboxylic acids is 1. The van der Waals surface area contributed by atoms with Crippen LogP contribution in [-0.2, 0) is 11.8 Å². The lowest BCUT2D eigenvalue weighted by molar-refractivity contribution is -0.192. The van der Waals surface area contributed by atoms with Crippen molar-refractivity contribution in [1.82, 2.24) is 30.0 Å². The second-order valence-electron chi connectivity index (χ2n) is 9.03. The van der Waals surface area contributed by atoms with E-state index in [-0.39, 0.29) is 5.75 Å². The number of phenolic OH excluding ortho intramolecular Hbond substituents is 1. The molecule has 1 aromatic carbocycles. The minimum Gasteiger partial charge on any atom is -0.507 e. The third kappa shape index (κ3) is 5.69. The topological polar surface area (TPSA) is 139 Å². The highest BCUT2D eigenvalue weighted by Crippen LogP contribution is 2.34. The molecule has 3 aromatic heterocycles. The smallest absolute Gasteiger partial charge is 0.490 e. The number of fused-ring (bicyclic) bond motifs is 2. The van der Waals surface area contributed by atoms with E-state index in [0.29, 0.717) is 40.5 Å². The Labute approximate surface area is 214 Å². The lowest BCUT2D eigenvalue weighted by Gasteiger charge is -2.37. The predicted molar refractivity (Wildman–Crippen MR) is 133 cm³/mol. The van der Waals surface area contributed by atoms with Crippen molar-refractivity contribution in [2.45, 2.75) is 32.1 Å². The van der Waals surface area contributed by atoms with Crippen molar-refractivity contribution in [3.05, 3.63) is 30.6 Å². The van der Waals surface area contributed by atoms with Crippen LogP contribution in [0.1, 0.15) is 13.8 Å². The number of alkyl halides is 3. The van der Waals surface area contributed by atoms with Gasteiger partial charge in [0.05, 0.1) is 35.5 Å². The molecule has 2 atom stereocenters. The molecule has 38 heavy (non-hydrogen) atoms. The van der Waals surface area contributed by atoms with Gasteiger partial charge in [-0.2, -0.15) is 23.3 Å². The number of aromatic nitrogens is 5. The molecule has 1 aliphatic heterocycles. The molecule has 0 saturated carbocycles. The number of aryl methyl sites for hydroxylation is 1. The summed E-state index contributed by atoms with van der Waals surface area (Å²) in [4.78, 5) is 25.0. The number of halogens is 3. The number of anilines is 1. The average molecular weight is 534 g/mol. The maximum atomic E-state index is 10.6. The van der Waals surface area contributed by atoms with Gasteiger partial charge in [0.1, 0.15) is 5.75 Å². The molecule has 1 aliphatic rings. The summed E-state index contributed by atoms with van der Waals surface area (Å²) in [6, 6.07) is 6.26. The number of benzene rings is 1. The van der Waals surface area contributed by atoms with E-state index in [4.69, 9.17) is 14.6 Å². The molecule has 4 aromatic rings. The highest BCUT2D eigenvalue weighted by atomic mass is 19.4. The molecule has 4 heterocycles. The van der Waals surface area contributed by atoms with Crippen molar-refractivity contribution >= 4 is 33.6 Å². The highest BCUT2D eigenvalue weighted by Gasteiger charge is 2.38. The van der Waals surface area contributed by atoms with Crippen LogP contribution in [0, 0.1) is 0 Å². The van der Waals surface area contributed by atoms with Crippen LogP contribution in [-0.4, -0.2) is 79.4 Å². The fourth-order valence-electron chi connectivity index (χ4n) is 4.32. The van der Waals surface area contributed by atoms with E-state index < -0.39 is 12.1 Å². The number of carbonyl (C=O) groups is 1. The van der Waals surface area contributed by atoms with Gasteiger partial charge in [-0.1, -0.05) is 0 Å². The number of aromatic hydroxyl groups is 1. The summed E-state index contributed by atoms with van der Waals surface area (Å²) in [7, 11) is 3.42. The van der Waals surface area contributed by atoms with Crippen LogP contribution in [0.2, 0.25) is 0 Å². The zero-order valence-electron chi connectivity index (χ0n) is 21.0. The van der Waals surface area contributed by atoms with Crippen molar-refractivity contribution in [3.63, 3.8) is 0 Å². The van der Waals surface area contributed by atoms with E-state index in [0.717, 1.165) is 29.5 Å². The molecule has 202 valence electrons. The Kier molecular flexibility index (Phi) is 7.26. The second-order valence-corrected chi connectivity index (χ2v) is 9.03. The van der Waals surface area contributed by atoms with E-state index >= 15 is 0 Å². The van der Waals surface area contributed by atoms with Crippen molar-refractivity contribution in [3.8, 4) is 23.0 Å². The number of hydrogen-bond acceptors (Lipinski definition) is 9. The van der Waals surface area contributed by atoms with E-state index in [1.54, 1.807) is 17.9 Å². The monoisotopic (exact) mass is 533 g/mol. The Bertz CT molecular complexity index is 1480. The number of methoxy groups -OCH3 is 1. The highest BCUT2D eigenvalue weighted by molar-refractivity contribution is 5.89. The van der Waals surface area contributed by atoms with Gasteiger partial charge in [0.2, 0.25) is 5.88 Å². The third-order valence-corrected chi connectivity index (χ3v) is 5.84. The van der Waals surface area contributed by atoms with Gasteiger partial charge in [-0.25, -0.2) is 14.8 Å². The number of pyridine rings is 1. The molecule has 0 unspecified atom stereocenters. The number of piperazine rings is 1. The average Bonchev–Trinajstić information content (AvgIpc) is 3.20. The van der Waals surface area contributed by atoms with E-state index in [1.165, 1.54) is 0 Å². The summed E-state index contributed by atoms with van der Waals surface area (Å²) in [5, 5.41) is 27.2. The predicted octanol–water partition coefficient (Wildman–Crippen LogP) is 3.11. The number of carboxylic acids is 1. The Balaban J connectivity index is 0.000000426. The molecule has 0 bridgehead atoms. The zero-order chi connectivity index (χ0) is 27.8. The van der Waals surface area contributed by atoms with Crippen molar-refractivity contribution < 1.29 is 32.9 Å². The normalized spacial score (nSPS) is 17.8. The number of ether oxygens (including phenoxy) is 1. The Morgan fingerprint density at radius 1 is 1.16 bits per heavy atom. The first kappa shape index (κ1) is 26.9. The van der Waals surface area contributed by atoms with Gasteiger partial charge in [-0.15, -0.1) is 0 Å². The first-order valence-corrected chi connectivity index (χ1v) is 11.5. The molecule has 0 aliphatic carbocycles. The van der Waals surface area contributed by atoms with Gasteiger partial charge < -0.3 is 25.2 Å². The molecule has 0 radical (unpaired) electrons. The summed E-state index contributed by atoms with van der Waals surface area (Å²) in [5.41, 5.74) is 2.75. The zero-order valence-corrected chi connectivity index (χ0v) is 21.0. The molecule has 5 rings (SSSR count). The van der Waals surface area contributed by atoms with Crippen LogP contribution in [0.15, 0.2) is 30.6 Å². The fourth-order valence-corrected chi connectivity index (χ4v) is 4.32. The summed E-state index contributed by atoms with van der Waals surface area (Å²) in [6.45, 7) is 6.16. The van der Waals surface area contributed by atoms with Gasteiger partial charge in [-0.05, 0) is 26.0 Å². The summed E-state index contributed by atoms with van der Waals surface area (Å²) in [5.74, 6) is -1.91. The number of rotatable bonds is 3. The molecule has 11 nitrogen and oxygen atoms in total. The number of nitrogens with one attached hydrogen (secondary N) is 1. The van der Waals surface area contributed by atoms with E-state index in [2.05, 4.69) is 44.1 Å². The first-order valence-electron chi connectivity index (χ1n) is 11.5. The molecular formula is C24H26F3N7O4. The number of phenols is 1. The van der Waals surface area contributed by atoms with E-state index in [1.807, 2.05) is 31.6 Å². The van der Waals surface area contributed by atoms with Gasteiger partial charge in [0.15, 0.2) is 11.5 Å². The molecule has 0 spiro atoms. The Hall–Kier alpha value is -4.20. The molecular weight excluding hydrogens is 507 g/mol. The number of hydrogen-bond donors (Lipinski definition) is 3. The largest absolute Gasteiger partial charge is 0.507 e. The summed E-state index contributed by atoms with van der Waals surface area (Å²) < 4.78 is 39.0. The minimum atomic E-state index is -5.08. The van der Waals surface area contributed by atoms with Gasteiger partial charge in [-0.3, -0.25) is 4.68 Å². The molecule has 14 heteroatoms. The van der Waals surface area contributed by atoms with E-state index in [9.17, 15) is 18.3 Å². The maximum Gasteiger partial charge on any atom is 0.490 e. The van der Waals surface area contributed by atoms with Crippen LogP contribution in [0.25, 0.3) is 33.3 Å². The number of nitrogens with zero attached hydrogens (tertiary/aromatic N) is 6. The Morgan fingerprint density at radius 3 is 2.42 bits per heavy atom. The first-order chi connectivity index (χ1) is 17.8. The lowest BCUT2D eigenvalue weighted by Crippen LogP contribution is -2.54. The lowest BCUT2D eigenvalue weighted by atomic mass is 10.1. The van der Waals surface area contributed by atoms with Crippen molar-refractivity contribution in [2.24, 2.45) is 7.05 Å². The number of carboxylic acid groups (broad SMARTS) is 1. The molecule has 1 fully saturated rings. The van der Waals surface area contributed by atoms with Gasteiger partial charge in [0.25, 0.3) is 0 Å². The van der Waals surface area contributed by atoms with Gasteiger partial charge >= 0.3 is 12.1 Å². The SMILES string of the molecule is COc1nc(-c2cc3cn(C)nc3cc2O)nc2ncc(N3C[C@@H](C)N[C@@H](C)C3)cc12.O=C(O)C(F)(F)F. The van der Waals surface area contributed by atoms with Crippen molar-refractivity contribution in [2.75, 3.05) is 25.1 Å². The third-order valence-electron chi connectivity index (χ3n) is 5.84. The molecule has 0 amide bonds. The standard InChI is InChI=1S/C22H25N7O2.C2HF3O2/c1-12-9-29(10-13(2)24-12)15-6-17-20(23-8-15)25-21(26-22(17)31-4)16-5-14-11-28(3)27-18(14)7-19(16)30;3-2(4,5)1(6)7/h5-8,11-13,24,30H,9-10H2,1-4H3;(H,6,7)/t12-,13+;. The quantitative estimate of drug-likeness (QED) is 0.360. The molecule has 1 saturated heterocycles. The van der Waals surface area contributed by atoms with Crippen LogP contribution >= 0.6 is 0 Å². The summed E-state index contributed by atoms with van der Waals surface area (Å²) >= 11 is 0. The summed E-state index contributed by atoms with van der Waals surface area (Å²) in [6.07, 6.45) is -1.36. The van der Waals surface area contributed by atoms with Crippen LogP contribution in [0.5, 0.6) is 11.6 Å². The minimum absolute atomic E-state index is 0.0630. The Morgan fingerprint density at radius 2 is 1.82 bits per heavy atom. The molecule has 3 N–H and O–H groups in total. The second kappa shape index (κ2) is 10.3. The van der Waals surface area contributed by atoms with Crippen LogP contribution in [0.4, 0.5) is 18.9 Å².